The second kappa shape index (κ2) is 7.98. The average Bonchev–Trinajstić information content (AvgIpc) is 2.66. The maximum absolute atomic E-state index is 9.85. The Balaban J connectivity index is 1.97. The van der Waals surface area contributed by atoms with E-state index in [9.17, 15) is 5.26 Å². The third-order valence-electron chi connectivity index (χ3n) is 3.96. The van der Waals surface area contributed by atoms with Gasteiger partial charge in [0.25, 0.3) is 0 Å². The molecule has 2 atom stereocenters. The summed E-state index contributed by atoms with van der Waals surface area (Å²) in [6, 6.07) is 19.5. The lowest BCUT2D eigenvalue weighted by molar-refractivity contribution is 0.212. The van der Waals surface area contributed by atoms with Crippen LogP contribution in [0.4, 0.5) is 0 Å². The van der Waals surface area contributed by atoms with Gasteiger partial charge in [-0.05, 0) is 24.3 Å². The van der Waals surface area contributed by atoms with Crippen molar-refractivity contribution in [3.8, 4) is 17.6 Å². The van der Waals surface area contributed by atoms with Gasteiger partial charge in [0.2, 0.25) is 0 Å². The minimum absolute atomic E-state index is 0.199. The maximum Gasteiger partial charge on any atom is 0.131 e. The number of allylic oxidation sites excluding steroid dienone is 4. The fraction of sp³-hybridized carbons (Fsp3) is 0.143. The summed E-state index contributed by atoms with van der Waals surface area (Å²) >= 11 is 0. The van der Waals surface area contributed by atoms with Crippen molar-refractivity contribution >= 4 is 5.71 Å². The topological polar surface area (TPSA) is 54.6 Å². The largest absolute Gasteiger partial charge is 0.457 e. The van der Waals surface area contributed by atoms with Gasteiger partial charge in [-0.3, -0.25) is 0 Å². The molecule has 0 amide bonds. The molecule has 0 bridgehead atoms. The second-order valence-corrected chi connectivity index (χ2v) is 5.53. The van der Waals surface area contributed by atoms with E-state index < -0.39 is 5.92 Å². The zero-order valence-corrected chi connectivity index (χ0v) is 13.9. The van der Waals surface area contributed by atoms with E-state index in [4.69, 9.17) is 9.57 Å². The predicted molar refractivity (Wildman–Crippen MR) is 97.5 cm³/mol. The number of hydrogen-bond donors (Lipinski definition) is 0. The van der Waals surface area contributed by atoms with Crippen molar-refractivity contribution in [2.75, 3.05) is 7.11 Å². The quantitative estimate of drug-likeness (QED) is 0.738. The molecule has 0 saturated heterocycles. The van der Waals surface area contributed by atoms with Crippen molar-refractivity contribution in [1.82, 2.24) is 0 Å². The molecule has 0 heterocycles. The van der Waals surface area contributed by atoms with E-state index >= 15 is 0 Å². The summed E-state index contributed by atoms with van der Waals surface area (Å²) in [4.78, 5) is 4.93. The normalized spacial score (nSPS) is 18.6. The van der Waals surface area contributed by atoms with Crippen LogP contribution in [-0.2, 0) is 4.84 Å². The summed E-state index contributed by atoms with van der Waals surface area (Å²) in [5.74, 6) is 0.766. The molecular weight excluding hydrogens is 312 g/mol. The molecule has 0 spiro atoms. The summed E-state index contributed by atoms with van der Waals surface area (Å²) in [5, 5.41) is 13.9. The summed E-state index contributed by atoms with van der Waals surface area (Å²) in [6.07, 6.45) is 7.63. The Hall–Kier alpha value is -3.32. The molecule has 0 aromatic heterocycles. The zero-order chi connectivity index (χ0) is 17.5. The van der Waals surface area contributed by atoms with Crippen molar-refractivity contribution in [3.05, 3.63) is 84.5 Å². The predicted octanol–water partition coefficient (Wildman–Crippen LogP) is 4.83. The molecule has 0 saturated carbocycles. The minimum Gasteiger partial charge on any atom is -0.457 e. The Kier molecular flexibility index (Phi) is 5.28. The zero-order valence-electron chi connectivity index (χ0n) is 13.9. The molecule has 124 valence electrons. The van der Waals surface area contributed by atoms with Gasteiger partial charge in [0, 0.05) is 11.5 Å². The molecule has 0 radical (unpaired) electrons. The fourth-order valence-electron chi connectivity index (χ4n) is 2.82. The van der Waals surface area contributed by atoms with E-state index in [0.717, 1.165) is 11.3 Å². The number of rotatable bonds is 5. The highest BCUT2D eigenvalue weighted by molar-refractivity contribution is 5.99. The Labute approximate surface area is 147 Å². The molecule has 2 unspecified atom stereocenters. The lowest BCUT2D eigenvalue weighted by atomic mass is 9.81. The van der Waals surface area contributed by atoms with Crippen molar-refractivity contribution in [2.24, 2.45) is 11.1 Å². The number of ether oxygens (including phenoxy) is 1. The van der Waals surface area contributed by atoms with Gasteiger partial charge in [-0.1, -0.05) is 59.8 Å². The molecule has 3 rings (SSSR count). The van der Waals surface area contributed by atoms with E-state index in [1.807, 2.05) is 78.9 Å². The highest BCUT2D eigenvalue weighted by Gasteiger charge is 2.28. The van der Waals surface area contributed by atoms with E-state index in [0.29, 0.717) is 11.5 Å². The summed E-state index contributed by atoms with van der Waals surface area (Å²) < 4.78 is 6.01. The van der Waals surface area contributed by atoms with E-state index in [1.54, 1.807) is 0 Å². The van der Waals surface area contributed by atoms with Gasteiger partial charge in [-0.25, -0.2) is 0 Å². The molecule has 4 nitrogen and oxygen atoms in total. The van der Waals surface area contributed by atoms with Crippen molar-refractivity contribution < 1.29 is 9.57 Å². The van der Waals surface area contributed by atoms with Gasteiger partial charge in [-0.2, -0.15) is 5.26 Å². The van der Waals surface area contributed by atoms with Crippen LogP contribution in [0, 0.1) is 17.2 Å². The third-order valence-corrected chi connectivity index (χ3v) is 3.96. The molecule has 2 aromatic carbocycles. The van der Waals surface area contributed by atoms with Gasteiger partial charge in [-0.15, -0.1) is 0 Å². The molecule has 0 N–H and O–H groups in total. The van der Waals surface area contributed by atoms with Crippen LogP contribution in [0.1, 0.15) is 11.5 Å². The molecular formula is C21H18N2O2. The number of para-hydroxylation sites is 2. The van der Waals surface area contributed by atoms with E-state index in [1.165, 1.54) is 7.11 Å². The molecule has 1 aliphatic rings. The Morgan fingerprint density at radius 1 is 1.04 bits per heavy atom. The van der Waals surface area contributed by atoms with Gasteiger partial charge >= 0.3 is 0 Å². The summed E-state index contributed by atoms with van der Waals surface area (Å²) in [7, 11) is 1.50. The summed E-state index contributed by atoms with van der Waals surface area (Å²) in [6.45, 7) is 0. The van der Waals surface area contributed by atoms with Gasteiger partial charge in [0.15, 0.2) is 0 Å². The van der Waals surface area contributed by atoms with Crippen LogP contribution in [-0.4, -0.2) is 12.8 Å². The maximum atomic E-state index is 9.85. The molecule has 0 aliphatic heterocycles. The smallest absolute Gasteiger partial charge is 0.131 e. The SMILES string of the molecule is CON=C1C=CC=CC1C(C#N)c1ccccc1Oc1ccccc1. The monoisotopic (exact) mass is 330 g/mol. The molecule has 4 heteroatoms. The lowest BCUT2D eigenvalue weighted by Crippen LogP contribution is -2.20. The van der Waals surface area contributed by atoms with Gasteiger partial charge in [0.1, 0.15) is 18.6 Å². The second-order valence-electron chi connectivity index (χ2n) is 5.53. The van der Waals surface area contributed by atoms with Crippen LogP contribution >= 0.6 is 0 Å². The van der Waals surface area contributed by atoms with Crippen LogP contribution in [0.25, 0.3) is 0 Å². The molecule has 2 aromatic rings. The van der Waals surface area contributed by atoms with E-state index in [-0.39, 0.29) is 5.92 Å². The van der Waals surface area contributed by atoms with Gasteiger partial charge < -0.3 is 9.57 Å². The Morgan fingerprint density at radius 2 is 1.80 bits per heavy atom. The lowest BCUT2D eigenvalue weighted by Gasteiger charge is -2.22. The highest BCUT2D eigenvalue weighted by atomic mass is 16.6. The first kappa shape index (κ1) is 16.5. The first-order valence-electron chi connectivity index (χ1n) is 8.01. The van der Waals surface area contributed by atoms with Crippen LogP contribution in [0.5, 0.6) is 11.5 Å². The number of hydrogen-bond acceptors (Lipinski definition) is 4. The molecule has 1 aliphatic carbocycles. The van der Waals surface area contributed by atoms with Crippen molar-refractivity contribution in [2.45, 2.75) is 5.92 Å². The fourth-order valence-corrected chi connectivity index (χ4v) is 2.82. The summed E-state index contributed by atoms with van der Waals surface area (Å²) in [5.41, 5.74) is 1.54. The average molecular weight is 330 g/mol. The first-order valence-corrected chi connectivity index (χ1v) is 8.01. The number of benzene rings is 2. The number of nitrogens with zero attached hydrogens (tertiary/aromatic N) is 2. The highest BCUT2D eigenvalue weighted by Crippen LogP contribution is 2.36. The molecule has 25 heavy (non-hydrogen) atoms. The van der Waals surface area contributed by atoms with Gasteiger partial charge in [0.05, 0.1) is 17.7 Å². The van der Waals surface area contributed by atoms with Crippen molar-refractivity contribution in [3.63, 3.8) is 0 Å². The van der Waals surface area contributed by atoms with Crippen LogP contribution < -0.4 is 4.74 Å². The van der Waals surface area contributed by atoms with Crippen LogP contribution in [0.15, 0.2) is 84.1 Å². The number of nitriles is 1. The molecule has 0 fully saturated rings. The standard InChI is InChI=1S/C21H18N2O2/c1-24-23-20-13-7-5-11-17(20)19(15-22)18-12-6-8-14-21(18)25-16-9-3-2-4-10-16/h2-14,17,19H,1H3. The Morgan fingerprint density at radius 3 is 2.56 bits per heavy atom. The first-order chi connectivity index (χ1) is 12.3. The van der Waals surface area contributed by atoms with E-state index in [2.05, 4.69) is 11.2 Å². The van der Waals surface area contributed by atoms with Crippen LogP contribution in [0.2, 0.25) is 0 Å². The number of oxime groups is 1. The Bertz CT molecular complexity index is 848. The third kappa shape index (κ3) is 3.78. The van der Waals surface area contributed by atoms with Crippen LogP contribution in [0.3, 0.4) is 0 Å². The van der Waals surface area contributed by atoms with Crippen molar-refractivity contribution in [1.29, 1.82) is 5.26 Å². The minimum atomic E-state index is -0.435.